The molecule has 0 unspecified atom stereocenters. The van der Waals surface area contributed by atoms with Crippen molar-refractivity contribution in [1.29, 1.82) is 0 Å². The van der Waals surface area contributed by atoms with Crippen LogP contribution in [0.25, 0.3) is 0 Å². The van der Waals surface area contributed by atoms with Crippen molar-refractivity contribution in [3.05, 3.63) is 35.9 Å². The van der Waals surface area contributed by atoms with Crippen LogP contribution in [0.5, 0.6) is 0 Å². The Morgan fingerprint density at radius 2 is 1.66 bits per heavy atom. The Morgan fingerprint density at radius 1 is 1.00 bits per heavy atom. The van der Waals surface area contributed by atoms with E-state index in [1.807, 2.05) is 0 Å². The molecule has 0 saturated carbocycles. The van der Waals surface area contributed by atoms with E-state index in [4.69, 9.17) is 5.11 Å². The molecule has 44 heavy (non-hydrogen) atoms. The molecule has 1 fully saturated rings. The van der Waals surface area contributed by atoms with Gasteiger partial charge < -0.3 is 41.2 Å². The third-order valence-electron chi connectivity index (χ3n) is 7.26. The molecule has 2 rings (SSSR count). The van der Waals surface area contributed by atoms with E-state index in [0.717, 1.165) is 4.90 Å². The van der Waals surface area contributed by atoms with E-state index in [0.29, 0.717) is 12.0 Å². The topological polar surface area (TPSA) is 228 Å². The predicted octanol–water partition coefficient (Wildman–Crippen LogP) is -0.555. The highest BCUT2D eigenvalue weighted by Crippen LogP contribution is 2.22. The molecule has 0 aliphatic carbocycles. The maximum atomic E-state index is 13.9. The van der Waals surface area contributed by atoms with Crippen LogP contribution < -0.4 is 21.3 Å². The fourth-order valence-corrected chi connectivity index (χ4v) is 4.80. The third-order valence-corrected chi connectivity index (χ3v) is 7.26. The number of rotatable bonds is 16. The van der Waals surface area contributed by atoms with E-state index < -0.39 is 84.5 Å². The van der Waals surface area contributed by atoms with Crippen molar-refractivity contribution in [3.8, 4) is 0 Å². The van der Waals surface area contributed by atoms with Gasteiger partial charge in [-0.25, -0.2) is 0 Å². The molecule has 1 aromatic carbocycles. The fraction of sp³-hybridized carbons (Fsp3) is 0.517. The highest BCUT2D eigenvalue weighted by molar-refractivity contribution is 5.97. The predicted molar refractivity (Wildman–Crippen MR) is 154 cm³/mol. The molecule has 1 aliphatic rings. The summed E-state index contributed by atoms with van der Waals surface area (Å²) in [6.45, 7) is 4.54. The number of aliphatic carboxylic acids is 2. The van der Waals surface area contributed by atoms with Gasteiger partial charge in [0.05, 0.1) is 12.5 Å². The first kappa shape index (κ1) is 35.4. The van der Waals surface area contributed by atoms with Gasteiger partial charge in [0.1, 0.15) is 24.4 Å². The van der Waals surface area contributed by atoms with Crippen molar-refractivity contribution < 1.29 is 48.6 Å². The van der Waals surface area contributed by atoms with E-state index in [2.05, 4.69) is 21.3 Å². The summed E-state index contributed by atoms with van der Waals surface area (Å²) in [4.78, 5) is 100. The summed E-state index contributed by atoms with van der Waals surface area (Å²) in [5.74, 6) is -6.33. The number of amides is 5. The minimum atomic E-state index is -1.43. The molecule has 15 heteroatoms. The van der Waals surface area contributed by atoms with Crippen LogP contribution in [0.1, 0.15) is 63.2 Å². The van der Waals surface area contributed by atoms with E-state index in [1.54, 1.807) is 44.2 Å². The second-order valence-electron chi connectivity index (χ2n) is 10.7. The number of aldehydes is 1. The van der Waals surface area contributed by atoms with Crippen LogP contribution in [0.4, 0.5) is 0 Å². The zero-order valence-corrected chi connectivity index (χ0v) is 24.8. The summed E-state index contributed by atoms with van der Waals surface area (Å²) in [6, 6.07) is 2.24. The molecule has 1 aliphatic heterocycles. The summed E-state index contributed by atoms with van der Waals surface area (Å²) >= 11 is 0. The number of carbonyl (C=O) groups is 8. The van der Waals surface area contributed by atoms with Crippen LogP contribution in [0.3, 0.4) is 0 Å². The molecule has 240 valence electrons. The largest absolute Gasteiger partial charge is 0.481 e. The lowest BCUT2D eigenvalue weighted by molar-refractivity contribution is -0.144. The van der Waals surface area contributed by atoms with Crippen LogP contribution >= 0.6 is 0 Å². The molecule has 1 heterocycles. The average molecular weight is 618 g/mol. The molecule has 0 spiro atoms. The molecular weight excluding hydrogens is 578 g/mol. The summed E-state index contributed by atoms with van der Waals surface area (Å²) in [5.41, 5.74) is 0.321. The lowest BCUT2D eigenvalue weighted by Gasteiger charge is -2.31. The average Bonchev–Trinajstić information content (AvgIpc) is 3.40. The minimum absolute atomic E-state index is 0.115. The Balaban J connectivity index is 2.39. The van der Waals surface area contributed by atoms with Gasteiger partial charge in [-0.1, -0.05) is 38.5 Å². The van der Waals surface area contributed by atoms with E-state index in [1.165, 1.54) is 6.92 Å². The van der Waals surface area contributed by atoms with Crippen LogP contribution in [-0.4, -0.2) is 99.6 Å². The van der Waals surface area contributed by atoms with Gasteiger partial charge in [-0.15, -0.1) is 0 Å². The van der Waals surface area contributed by atoms with Gasteiger partial charge in [-0.3, -0.25) is 33.6 Å². The number of benzene rings is 1. The number of nitrogens with one attached hydrogen (secondary N) is 4. The number of likely N-dealkylation sites (tertiary alicyclic amines) is 1. The van der Waals surface area contributed by atoms with Gasteiger partial charge in [0.25, 0.3) is 5.91 Å². The van der Waals surface area contributed by atoms with Crippen molar-refractivity contribution in [3.63, 3.8) is 0 Å². The second kappa shape index (κ2) is 16.7. The Labute approximate surface area is 254 Å². The number of hydrogen-bond donors (Lipinski definition) is 6. The van der Waals surface area contributed by atoms with E-state index in [9.17, 15) is 43.5 Å². The Kier molecular flexibility index (Phi) is 13.4. The highest BCUT2D eigenvalue weighted by Gasteiger charge is 2.43. The van der Waals surface area contributed by atoms with Crippen LogP contribution in [0.2, 0.25) is 0 Å². The molecule has 15 nitrogen and oxygen atoms in total. The molecule has 1 aromatic rings. The van der Waals surface area contributed by atoms with Crippen LogP contribution in [-0.2, 0) is 33.6 Å². The SMILES string of the molecule is CC[C@H](C)[C@H](NC(C)=O)C(=O)N[C@@H](CCC(=O)O)C(=O)N1C[C@H](NC(=O)c2ccccc2)C[C@H]1C(=O)N[C@H](C=O)CC(=O)O. The molecular formula is C29H39N5O10. The zero-order valence-electron chi connectivity index (χ0n) is 24.8. The normalized spacial score (nSPS) is 18.6. The Morgan fingerprint density at radius 3 is 2.20 bits per heavy atom. The minimum Gasteiger partial charge on any atom is -0.481 e. The number of nitrogens with zero attached hydrogens (tertiary/aromatic N) is 1. The Bertz CT molecular complexity index is 1240. The van der Waals surface area contributed by atoms with Gasteiger partial charge in [-0.05, 0) is 30.9 Å². The summed E-state index contributed by atoms with van der Waals surface area (Å²) < 4.78 is 0. The van der Waals surface area contributed by atoms with Crippen LogP contribution in [0, 0.1) is 5.92 Å². The molecule has 6 N–H and O–H groups in total. The highest BCUT2D eigenvalue weighted by atomic mass is 16.4. The smallest absolute Gasteiger partial charge is 0.305 e. The van der Waals surface area contributed by atoms with Gasteiger partial charge in [-0.2, -0.15) is 0 Å². The zero-order chi connectivity index (χ0) is 33.0. The lowest BCUT2D eigenvalue weighted by Crippen LogP contribution is -2.58. The molecule has 0 radical (unpaired) electrons. The third kappa shape index (κ3) is 10.5. The molecule has 0 bridgehead atoms. The standard InChI is InChI=1S/C29H39N5O10/c1-4-16(2)25(30-17(3)36)28(43)33-21(10-11-23(37)38)29(44)34-14-19(31-26(41)18-8-6-5-7-9-18)12-22(34)27(42)32-20(15-35)13-24(39)40/h5-9,15-16,19-22,25H,4,10-14H2,1-3H3,(H,30,36)(H,31,41)(H,32,42)(H,33,43)(H,37,38)(H,39,40)/t16-,19+,20-,21-,22-,25-/m0/s1. The number of carboxylic acid groups (broad SMARTS) is 2. The first-order chi connectivity index (χ1) is 20.8. The molecule has 1 saturated heterocycles. The van der Waals surface area contributed by atoms with E-state index in [-0.39, 0.29) is 31.6 Å². The summed E-state index contributed by atoms with van der Waals surface area (Å²) in [5, 5.41) is 28.5. The summed E-state index contributed by atoms with van der Waals surface area (Å²) in [7, 11) is 0. The van der Waals surface area contributed by atoms with E-state index >= 15 is 0 Å². The van der Waals surface area contributed by atoms with Gasteiger partial charge in [0.2, 0.25) is 23.6 Å². The van der Waals surface area contributed by atoms with Gasteiger partial charge in [0.15, 0.2) is 0 Å². The number of carboxylic acids is 2. The van der Waals surface area contributed by atoms with Crippen LogP contribution in [0.15, 0.2) is 30.3 Å². The van der Waals surface area contributed by atoms with Gasteiger partial charge in [0, 0.05) is 31.5 Å². The quantitative estimate of drug-likeness (QED) is 0.130. The molecule has 6 atom stereocenters. The van der Waals surface area contributed by atoms with Crippen molar-refractivity contribution in [1.82, 2.24) is 26.2 Å². The van der Waals surface area contributed by atoms with Crippen molar-refractivity contribution in [2.75, 3.05) is 6.54 Å². The monoisotopic (exact) mass is 617 g/mol. The van der Waals surface area contributed by atoms with Crippen molar-refractivity contribution in [2.24, 2.45) is 5.92 Å². The van der Waals surface area contributed by atoms with Crippen molar-refractivity contribution in [2.45, 2.75) is 83.1 Å². The number of hydrogen-bond acceptors (Lipinski definition) is 8. The summed E-state index contributed by atoms with van der Waals surface area (Å²) in [6.07, 6.45) is -0.950. The maximum absolute atomic E-state index is 13.9. The fourth-order valence-electron chi connectivity index (χ4n) is 4.80. The maximum Gasteiger partial charge on any atom is 0.305 e. The van der Waals surface area contributed by atoms with Crippen molar-refractivity contribution >= 4 is 47.8 Å². The Hall–Kier alpha value is -4.82. The molecule has 0 aromatic heterocycles. The first-order valence-corrected chi connectivity index (χ1v) is 14.2. The number of carbonyl (C=O) groups excluding carboxylic acids is 6. The van der Waals surface area contributed by atoms with Gasteiger partial charge >= 0.3 is 11.9 Å². The molecule has 5 amide bonds. The second-order valence-corrected chi connectivity index (χ2v) is 10.7. The lowest BCUT2D eigenvalue weighted by atomic mass is 9.97. The first-order valence-electron chi connectivity index (χ1n) is 14.2.